The third-order valence-electron chi connectivity index (χ3n) is 2.63. The van der Waals surface area contributed by atoms with Crippen molar-refractivity contribution in [3.05, 3.63) is 28.8 Å². The van der Waals surface area contributed by atoms with Crippen molar-refractivity contribution >= 4 is 5.69 Å². The van der Waals surface area contributed by atoms with E-state index in [0.717, 1.165) is 5.56 Å². The van der Waals surface area contributed by atoms with Crippen molar-refractivity contribution in [3.63, 3.8) is 0 Å². The highest BCUT2D eigenvalue weighted by Gasteiger charge is 2.08. The van der Waals surface area contributed by atoms with Crippen LogP contribution in [0.25, 0.3) is 0 Å². The van der Waals surface area contributed by atoms with E-state index in [1.54, 1.807) is 6.92 Å². The molecule has 2 nitrogen and oxygen atoms in total. The molecule has 1 atom stereocenters. The number of aliphatic hydroxyl groups is 1. The first kappa shape index (κ1) is 11.1. The maximum Gasteiger partial charge on any atom is 0.0762 e. The molecule has 1 N–H and O–H groups in total. The smallest absolute Gasteiger partial charge is 0.0762 e. The van der Waals surface area contributed by atoms with Gasteiger partial charge in [0.2, 0.25) is 0 Å². The summed E-state index contributed by atoms with van der Waals surface area (Å²) < 4.78 is 0. The quantitative estimate of drug-likeness (QED) is 0.779. The summed E-state index contributed by atoms with van der Waals surface area (Å²) in [4.78, 5) is 2.08. The van der Waals surface area contributed by atoms with Crippen LogP contribution in [0.4, 0.5) is 5.69 Å². The molecule has 0 heterocycles. The van der Waals surface area contributed by atoms with Crippen molar-refractivity contribution in [2.75, 3.05) is 19.0 Å². The average molecular weight is 193 g/mol. The van der Waals surface area contributed by atoms with E-state index in [1.807, 2.05) is 26.2 Å². The summed E-state index contributed by atoms with van der Waals surface area (Å²) in [6.07, 6.45) is -0.395. The lowest BCUT2D eigenvalue weighted by molar-refractivity contribution is 0.199. The van der Waals surface area contributed by atoms with E-state index in [2.05, 4.69) is 18.7 Å². The molecule has 1 aromatic rings. The normalized spacial score (nSPS) is 12.7. The molecular weight excluding hydrogens is 174 g/mol. The van der Waals surface area contributed by atoms with E-state index in [-0.39, 0.29) is 0 Å². The van der Waals surface area contributed by atoms with Crippen molar-refractivity contribution in [3.8, 4) is 0 Å². The zero-order chi connectivity index (χ0) is 10.9. The van der Waals surface area contributed by atoms with E-state index in [9.17, 15) is 5.11 Å². The van der Waals surface area contributed by atoms with Gasteiger partial charge in [-0.3, -0.25) is 0 Å². The number of hydrogen-bond donors (Lipinski definition) is 1. The fourth-order valence-corrected chi connectivity index (χ4v) is 1.57. The molecule has 0 radical (unpaired) electrons. The average Bonchev–Trinajstić information content (AvgIpc) is 2.08. The van der Waals surface area contributed by atoms with E-state index < -0.39 is 6.10 Å². The lowest BCUT2D eigenvalue weighted by Crippen LogP contribution is -2.12. The van der Waals surface area contributed by atoms with E-state index in [1.165, 1.54) is 16.8 Å². The van der Waals surface area contributed by atoms with Crippen LogP contribution < -0.4 is 4.90 Å². The minimum atomic E-state index is -0.395. The number of aliphatic hydroxyl groups excluding tert-OH is 1. The second-order valence-corrected chi connectivity index (χ2v) is 4.05. The molecule has 0 amide bonds. The molecule has 0 saturated carbocycles. The van der Waals surface area contributed by atoms with Gasteiger partial charge in [-0.15, -0.1) is 0 Å². The van der Waals surface area contributed by atoms with Crippen molar-refractivity contribution < 1.29 is 5.11 Å². The van der Waals surface area contributed by atoms with E-state index >= 15 is 0 Å². The van der Waals surface area contributed by atoms with Crippen molar-refractivity contribution in [1.82, 2.24) is 0 Å². The molecule has 0 aliphatic heterocycles. The molecule has 14 heavy (non-hydrogen) atoms. The van der Waals surface area contributed by atoms with Gasteiger partial charge < -0.3 is 10.0 Å². The summed E-state index contributed by atoms with van der Waals surface area (Å²) in [7, 11) is 4.04. The van der Waals surface area contributed by atoms with Gasteiger partial charge in [0.05, 0.1) is 6.10 Å². The van der Waals surface area contributed by atoms with Gasteiger partial charge in [0.15, 0.2) is 0 Å². The molecule has 0 aromatic heterocycles. The van der Waals surface area contributed by atoms with Gasteiger partial charge in [0.1, 0.15) is 0 Å². The monoisotopic (exact) mass is 193 g/mol. The summed E-state index contributed by atoms with van der Waals surface area (Å²) in [5, 5.41) is 9.53. The van der Waals surface area contributed by atoms with Crippen LogP contribution in [0.5, 0.6) is 0 Å². The molecule has 0 spiro atoms. The molecule has 1 unspecified atom stereocenters. The van der Waals surface area contributed by atoms with E-state index in [0.29, 0.717) is 0 Å². The van der Waals surface area contributed by atoms with Gasteiger partial charge in [-0.05, 0) is 43.5 Å². The zero-order valence-electron chi connectivity index (χ0n) is 9.63. The third-order valence-corrected chi connectivity index (χ3v) is 2.63. The van der Waals surface area contributed by atoms with Crippen LogP contribution >= 0.6 is 0 Å². The maximum absolute atomic E-state index is 9.53. The summed E-state index contributed by atoms with van der Waals surface area (Å²) in [5.41, 5.74) is 4.67. The topological polar surface area (TPSA) is 23.5 Å². The lowest BCUT2D eigenvalue weighted by Gasteiger charge is -2.19. The first-order valence-corrected chi connectivity index (χ1v) is 4.90. The van der Waals surface area contributed by atoms with Crippen LogP contribution in [0.15, 0.2) is 12.1 Å². The first-order chi connectivity index (χ1) is 6.43. The molecule has 1 aromatic carbocycles. The molecule has 0 aliphatic carbocycles. The van der Waals surface area contributed by atoms with Gasteiger partial charge >= 0.3 is 0 Å². The minimum Gasteiger partial charge on any atom is -0.389 e. The van der Waals surface area contributed by atoms with Crippen LogP contribution in [-0.4, -0.2) is 19.2 Å². The highest BCUT2D eigenvalue weighted by Crippen LogP contribution is 2.26. The predicted molar refractivity (Wildman–Crippen MR) is 60.9 cm³/mol. The Balaban J connectivity index is 3.28. The van der Waals surface area contributed by atoms with Gasteiger partial charge in [0, 0.05) is 19.8 Å². The van der Waals surface area contributed by atoms with Gasteiger partial charge in [-0.2, -0.15) is 0 Å². The summed E-state index contributed by atoms with van der Waals surface area (Å²) in [6.45, 7) is 5.98. The largest absolute Gasteiger partial charge is 0.389 e. The van der Waals surface area contributed by atoms with Crippen LogP contribution in [0.1, 0.15) is 29.7 Å². The van der Waals surface area contributed by atoms with Crippen molar-refractivity contribution in [1.29, 1.82) is 0 Å². The highest BCUT2D eigenvalue weighted by molar-refractivity contribution is 5.57. The number of anilines is 1. The molecule has 0 aliphatic rings. The highest BCUT2D eigenvalue weighted by atomic mass is 16.3. The minimum absolute atomic E-state index is 0.395. The van der Waals surface area contributed by atoms with Gasteiger partial charge in [-0.1, -0.05) is 6.07 Å². The lowest BCUT2D eigenvalue weighted by atomic mass is 10.0. The Morgan fingerprint density at radius 1 is 1.21 bits per heavy atom. The van der Waals surface area contributed by atoms with Crippen LogP contribution in [0, 0.1) is 13.8 Å². The van der Waals surface area contributed by atoms with Crippen LogP contribution in [-0.2, 0) is 0 Å². The Kier molecular flexibility index (Phi) is 3.17. The van der Waals surface area contributed by atoms with Crippen LogP contribution in [0.3, 0.4) is 0 Å². The first-order valence-electron chi connectivity index (χ1n) is 4.90. The van der Waals surface area contributed by atoms with Gasteiger partial charge in [0.25, 0.3) is 0 Å². The third kappa shape index (κ3) is 2.07. The molecule has 0 bridgehead atoms. The molecule has 78 valence electrons. The Bertz CT molecular complexity index is 329. The summed E-state index contributed by atoms with van der Waals surface area (Å²) in [6, 6.07) is 4.10. The second kappa shape index (κ2) is 4.01. The van der Waals surface area contributed by atoms with Crippen molar-refractivity contribution in [2.24, 2.45) is 0 Å². The SMILES string of the molecule is Cc1cc(C(C)O)cc(N(C)C)c1C. The molecule has 2 heteroatoms. The number of hydrogen-bond acceptors (Lipinski definition) is 2. The Labute approximate surface area is 86.2 Å². The fraction of sp³-hybridized carbons (Fsp3) is 0.500. The molecular formula is C12H19NO. The fourth-order valence-electron chi connectivity index (χ4n) is 1.57. The second-order valence-electron chi connectivity index (χ2n) is 4.05. The molecule has 0 fully saturated rings. The Morgan fingerprint density at radius 2 is 1.79 bits per heavy atom. The number of rotatable bonds is 2. The number of nitrogens with zero attached hydrogens (tertiary/aromatic N) is 1. The summed E-state index contributed by atoms with van der Waals surface area (Å²) in [5.74, 6) is 0. The zero-order valence-corrected chi connectivity index (χ0v) is 9.63. The number of aryl methyl sites for hydroxylation is 1. The predicted octanol–water partition coefficient (Wildman–Crippen LogP) is 2.42. The maximum atomic E-state index is 9.53. The van der Waals surface area contributed by atoms with Gasteiger partial charge in [-0.25, -0.2) is 0 Å². The van der Waals surface area contributed by atoms with Crippen LogP contribution in [0.2, 0.25) is 0 Å². The Hall–Kier alpha value is -1.02. The van der Waals surface area contributed by atoms with Crippen molar-refractivity contribution in [2.45, 2.75) is 26.9 Å². The van der Waals surface area contributed by atoms with E-state index in [4.69, 9.17) is 0 Å². The molecule has 0 saturated heterocycles. The Morgan fingerprint density at radius 3 is 2.21 bits per heavy atom. The number of benzene rings is 1. The standard InChI is InChI=1S/C12H19NO/c1-8-6-11(10(3)14)7-12(9(8)2)13(4)5/h6-7,10,14H,1-5H3. The summed E-state index contributed by atoms with van der Waals surface area (Å²) >= 11 is 0. The molecule has 1 rings (SSSR count).